The van der Waals surface area contributed by atoms with Gasteiger partial charge in [-0.25, -0.2) is 4.39 Å². The normalized spacial score (nSPS) is 10.7. The standard InChI is InChI=1S/C22H16ClFN4O3/c1-31-19-8-6-14(26-22(30)16-4-2-3-12-11-25-28-20(12)16)10-18(19)27-21(29)15-7-5-13(23)9-17(15)24/h2-11H,1H3,(H,25,28)(H,26,30)(H,27,29). The van der Waals surface area contributed by atoms with Crippen LogP contribution in [0.25, 0.3) is 10.9 Å². The highest BCUT2D eigenvalue weighted by molar-refractivity contribution is 6.30. The largest absolute Gasteiger partial charge is 0.495 e. The number of aromatic amines is 1. The second-order valence-corrected chi connectivity index (χ2v) is 7.02. The Morgan fingerprint density at radius 3 is 2.61 bits per heavy atom. The number of hydrogen-bond acceptors (Lipinski definition) is 4. The fraction of sp³-hybridized carbons (Fsp3) is 0.0455. The Hall–Kier alpha value is -3.91. The van der Waals surface area contributed by atoms with E-state index in [1.807, 2.05) is 6.07 Å². The summed E-state index contributed by atoms with van der Waals surface area (Å²) in [5.41, 5.74) is 1.53. The van der Waals surface area contributed by atoms with Crippen LogP contribution in [0.4, 0.5) is 15.8 Å². The van der Waals surface area contributed by atoms with E-state index in [4.69, 9.17) is 16.3 Å². The lowest BCUT2D eigenvalue weighted by Gasteiger charge is -2.13. The lowest BCUT2D eigenvalue weighted by atomic mass is 10.1. The number of fused-ring (bicyclic) bond motifs is 1. The predicted molar refractivity (Wildman–Crippen MR) is 116 cm³/mol. The van der Waals surface area contributed by atoms with E-state index in [1.54, 1.807) is 30.5 Å². The van der Waals surface area contributed by atoms with Crippen molar-refractivity contribution < 1.29 is 18.7 Å². The smallest absolute Gasteiger partial charge is 0.258 e. The molecular formula is C22H16ClFN4O3. The zero-order valence-electron chi connectivity index (χ0n) is 16.2. The maximum atomic E-state index is 14.1. The number of methoxy groups -OCH3 is 1. The summed E-state index contributed by atoms with van der Waals surface area (Å²) in [5.74, 6) is -1.45. The van der Waals surface area contributed by atoms with E-state index in [9.17, 15) is 14.0 Å². The third-order valence-electron chi connectivity index (χ3n) is 4.60. The van der Waals surface area contributed by atoms with Gasteiger partial charge in [-0.15, -0.1) is 0 Å². The zero-order valence-corrected chi connectivity index (χ0v) is 17.0. The van der Waals surface area contributed by atoms with Crippen LogP contribution in [0.15, 0.2) is 60.8 Å². The highest BCUT2D eigenvalue weighted by atomic mass is 35.5. The summed E-state index contributed by atoms with van der Waals surface area (Å²) in [4.78, 5) is 25.3. The van der Waals surface area contributed by atoms with Crippen molar-refractivity contribution >= 4 is 45.7 Å². The number of H-pyrrole nitrogens is 1. The molecule has 7 nitrogen and oxygen atoms in total. The Bertz CT molecular complexity index is 1310. The van der Waals surface area contributed by atoms with Gasteiger partial charge in [0.05, 0.1) is 35.6 Å². The van der Waals surface area contributed by atoms with Crippen molar-refractivity contribution in [3.8, 4) is 5.75 Å². The number of aromatic nitrogens is 2. The number of carbonyl (C=O) groups is 2. The van der Waals surface area contributed by atoms with Crippen LogP contribution in [0, 0.1) is 5.82 Å². The molecular weight excluding hydrogens is 423 g/mol. The van der Waals surface area contributed by atoms with Gasteiger partial charge >= 0.3 is 0 Å². The molecule has 1 aromatic heterocycles. The summed E-state index contributed by atoms with van der Waals surface area (Å²) >= 11 is 5.74. The lowest BCUT2D eigenvalue weighted by molar-refractivity contribution is 0.101. The van der Waals surface area contributed by atoms with Crippen LogP contribution in [0.1, 0.15) is 20.7 Å². The van der Waals surface area contributed by atoms with Crippen molar-refractivity contribution in [3.05, 3.63) is 82.8 Å². The first-order valence-electron chi connectivity index (χ1n) is 9.14. The molecule has 0 spiro atoms. The second-order valence-electron chi connectivity index (χ2n) is 6.59. The van der Waals surface area contributed by atoms with Crippen LogP contribution in [-0.2, 0) is 0 Å². The molecule has 0 fully saturated rings. The number of nitrogens with zero attached hydrogens (tertiary/aromatic N) is 1. The molecule has 156 valence electrons. The summed E-state index contributed by atoms with van der Waals surface area (Å²) in [7, 11) is 1.44. The third kappa shape index (κ3) is 4.19. The molecule has 0 aliphatic carbocycles. The second kappa shape index (κ2) is 8.45. The maximum Gasteiger partial charge on any atom is 0.258 e. The molecule has 0 saturated carbocycles. The summed E-state index contributed by atoms with van der Waals surface area (Å²) in [5, 5.41) is 13.1. The molecule has 0 unspecified atom stereocenters. The Kier molecular flexibility index (Phi) is 5.55. The van der Waals surface area contributed by atoms with Crippen molar-refractivity contribution in [2.45, 2.75) is 0 Å². The summed E-state index contributed by atoms with van der Waals surface area (Å²) in [6.07, 6.45) is 1.63. The van der Waals surface area contributed by atoms with E-state index in [-0.39, 0.29) is 22.2 Å². The number of hydrogen-bond donors (Lipinski definition) is 3. The monoisotopic (exact) mass is 438 g/mol. The molecule has 0 atom stereocenters. The van der Waals surface area contributed by atoms with Gasteiger partial charge in [-0.1, -0.05) is 23.7 Å². The molecule has 3 N–H and O–H groups in total. The van der Waals surface area contributed by atoms with E-state index in [1.165, 1.54) is 25.3 Å². The molecule has 0 aliphatic heterocycles. The van der Waals surface area contributed by atoms with Gasteiger partial charge in [0.2, 0.25) is 0 Å². The molecule has 1 heterocycles. The minimum atomic E-state index is -0.749. The quantitative estimate of drug-likeness (QED) is 0.414. The number of anilines is 2. The fourth-order valence-electron chi connectivity index (χ4n) is 3.10. The minimum absolute atomic E-state index is 0.174. The molecule has 3 aromatic carbocycles. The average Bonchev–Trinajstić information content (AvgIpc) is 3.22. The summed E-state index contributed by atoms with van der Waals surface area (Å²) < 4.78 is 19.4. The van der Waals surface area contributed by atoms with Gasteiger partial charge in [-0.2, -0.15) is 5.10 Å². The first-order chi connectivity index (χ1) is 15.0. The van der Waals surface area contributed by atoms with E-state index in [0.717, 1.165) is 11.5 Å². The Labute approximate surface area is 181 Å². The van der Waals surface area contributed by atoms with Gasteiger partial charge in [-0.3, -0.25) is 14.7 Å². The third-order valence-corrected chi connectivity index (χ3v) is 4.84. The van der Waals surface area contributed by atoms with E-state index < -0.39 is 11.7 Å². The number of nitrogens with one attached hydrogen (secondary N) is 3. The molecule has 31 heavy (non-hydrogen) atoms. The van der Waals surface area contributed by atoms with E-state index in [0.29, 0.717) is 22.5 Å². The number of amides is 2. The predicted octanol–water partition coefficient (Wildman–Crippen LogP) is 4.87. The van der Waals surface area contributed by atoms with Gasteiger partial charge in [0, 0.05) is 16.1 Å². The number of carbonyl (C=O) groups excluding carboxylic acids is 2. The van der Waals surface area contributed by atoms with Gasteiger partial charge in [-0.05, 0) is 42.5 Å². The van der Waals surface area contributed by atoms with Gasteiger partial charge < -0.3 is 15.4 Å². The SMILES string of the molecule is COc1ccc(NC(=O)c2cccc3cn[nH]c23)cc1NC(=O)c1ccc(Cl)cc1F. The average molecular weight is 439 g/mol. The Balaban J connectivity index is 1.59. The van der Waals surface area contributed by atoms with Gasteiger partial charge in [0.1, 0.15) is 11.6 Å². The highest BCUT2D eigenvalue weighted by Gasteiger charge is 2.16. The topological polar surface area (TPSA) is 96.1 Å². The van der Waals surface area contributed by atoms with Crippen molar-refractivity contribution in [2.24, 2.45) is 0 Å². The lowest BCUT2D eigenvalue weighted by Crippen LogP contribution is -2.16. The number of halogens is 2. The maximum absolute atomic E-state index is 14.1. The molecule has 2 amide bonds. The van der Waals surface area contributed by atoms with E-state index in [2.05, 4.69) is 20.8 Å². The number of para-hydroxylation sites is 1. The van der Waals surface area contributed by atoms with Crippen molar-refractivity contribution in [3.63, 3.8) is 0 Å². The molecule has 4 aromatic rings. The van der Waals surface area contributed by atoms with Crippen LogP contribution in [0.3, 0.4) is 0 Å². The van der Waals surface area contributed by atoms with Crippen LogP contribution < -0.4 is 15.4 Å². The van der Waals surface area contributed by atoms with Crippen LogP contribution in [0.5, 0.6) is 5.75 Å². The molecule has 4 rings (SSSR count). The molecule has 0 bridgehead atoms. The van der Waals surface area contributed by atoms with Gasteiger partial charge in [0.15, 0.2) is 0 Å². The molecule has 0 saturated heterocycles. The van der Waals surface area contributed by atoms with E-state index >= 15 is 0 Å². The number of ether oxygens (including phenoxy) is 1. The number of rotatable bonds is 5. The van der Waals surface area contributed by atoms with Crippen LogP contribution >= 0.6 is 11.6 Å². The molecule has 0 radical (unpaired) electrons. The Morgan fingerprint density at radius 1 is 1.03 bits per heavy atom. The van der Waals surface area contributed by atoms with Crippen LogP contribution in [-0.4, -0.2) is 29.1 Å². The summed E-state index contributed by atoms with van der Waals surface area (Å²) in [6.45, 7) is 0. The first kappa shape index (κ1) is 20.4. The molecule has 0 aliphatic rings. The fourth-order valence-corrected chi connectivity index (χ4v) is 3.26. The van der Waals surface area contributed by atoms with Gasteiger partial charge in [0.25, 0.3) is 11.8 Å². The number of benzene rings is 3. The van der Waals surface area contributed by atoms with Crippen molar-refractivity contribution in [1.82, 2.24) is 10.2 Å². The van der Waals surface area contributed by atoms with Crippen LogP contribution in [0.2, 0.25) is 5.02 Å². The highest BCUT2D eigenvalue weighted by Crippen LogP contribution is 2.29. The minimum Gasteiger partial charge on any atom is -0.495 e. The zero-order chi connectivity index (χ0) is 22.0. The molecule has 9 heteroatoms. The summed E-state index contributed by atoms with van der Waals surface area (Å²) in [6, 6.07) is 13.8. The van der Waals surface area contributed by atoms with Crippen molar-refractivity contribution in [1.29, 1.82) is 0 Å². The Morgan fingerprint density at radius 2 is 1.84 bits per heavy atom. The van der Waals surface area contributed by atoms with Crippen molar-refractivity contribution in [2.75, 3.05) is 17.7 Å². The first-order valence-corrected chi connectivity index (χ1v) is 9.52.